The zero-order valence-corrected chi connectivity index (χ0v) is 11.5. The first-order valence-electron chi connectivity index (χ1n) is 6.24. The number of anilines is 2. The summed E-state index contributed by atoms with van der Waals surface area (Å²) < 4.78 is 4.70. The molecule has 100 valence electrons. The fourth-order valence-corrected chi connectivity index (χ4v) is 1.67. The van der Waals surface area contributed by atoms with E-state index in [1.165, 1.54) is 7.11 Å². The molecule has 0 aromatic heterocycles. The van der Waals surface area contributed by atoms with E-state index in [1.807, 2.05) is 0 Å². The minimum atomic E-state index is -0.353. The summed E-state index contributed by atoms with van der Waals surface area (Å²) in [6.07, 6.45) is 1.09. The van der Waals surface area contributed by atoms with E-state index < -0.39 is 0 Å². The summed E-state index contributed by atoms with van der Waals surface area (Å²) in [7, 11) is 1.37. The summed E-state index contributed by atoms with van der Waals surface area (Å²) in [5.41, 5.74) is 7.83. The van der Waals surface area contributed by atoms with Crippen molar-refractivity contribution in [3.05, 3.63) is 23.8 Å². The van der Waals surface area contributed by atoms with Crippen LogP contribution < -0.4 is 11.1 Å². The molecule has 3 N–H and O–H groups in total. The van der Waals surface area contributed by atoms with Crippen molar-refractivity contribution >= 4 is 17.3 Å². The van der Waals surface area contributed by atoms with Crippen LogP contribution in [0.15, 0.2) is 18.2 Å². The van der Waals surface area contributed by atoms with E-state index in [-0.39, 0.29) is 5.97 Å². The summed E-state index contributed by atoms with van der Waals surface area (Å²) in [4.78, 5) is 11.5. The Kier molecular flexibility index (Phi) is 5.01. The van der Waals surface area contributed by atoms with Crippen LogP contribution >= 0.6 is 0 Å². The number of hydrogen-bond acceptors (Lipinski definition) is 4. The van der Waals surface area contributed by atoms with Gasteiger partial charge >= 0.3 is 5.97 Å². The van der Waals surface area contributed by atoms with Gasteiger partial charge in [0.05, 0.1) is 24.0 Å². The Bertz CT molecular complexity index is 418. The van der Waals surface area contributed by atoms with Crippen molar-refractivity contribution in [3.63, 3.8) is 0 Å². The van der Waals surface area contributed by atoms with Gasteiger partial charge in [-0.3, -0.25) is 0 Å². The van der Waals surface area contributed by atoms with E-state index >= 15 is 0 Å². The minimum absolute atomic E-state index is 0.296. The maximum absolute atomic E-state index is 11.5. The summed E-state index contributed by atoms with van der Waals surface area (Å²) in [5.74, 6) is 0.181. The summed E-state index contributed by atoms with van der Waals surface area (Å²) in [6, 6.07) is 5.42. The van der Waals surface area contributed by atoms with Crippen LogP contribution in [0.5, 0.6) is 0 Å². The maximum Gasteiger partial charge on any atom is 0.337 e. The Morgan fingerprint density at radius 2 is 2.11 bits per heavy atom. The molecule has 0 amide bonds. The number of rotatable bonds is 5. The highest BCUT2D eigenvalue weighted by atomic mass is 16.5. The Balaban J connectivity index is 2.91. The number of ether oxygens (including phenoxy) is 1. The third kappa shape index (κ3) is 3.39. The second kappa shape index (κ2) is 6.28. The second-order valence-electron chi connectivity index (χ2n) is 4.61. The van der Waals surface area contributed by atoms with Gasteiger partial charge < -0.3 is 15.8 Å². The fourth-order valence-electron chi connectivity index (χ4n) is 1.67. The topological polar surface area (TPSA) is 64.3 Å². The molecule has 0 spiro atoms. The first-order chi connectivity index (χ1) is 8.49. The van der Waals surface area contributed by atoms with E-state index in [0.29, 0.717) is 23.2 Å². The lowest BCUT2D eigenvalue weighted by molar-refractivity contribution is 0.0601. The molecular weight excluding hydrogens is 228 g/mol. The Hall–Kier alpha value is -1.71. The molecule has 0 aliphatic heterocycles. The standard InChI is InChI=1S/C14H22N2O2/c1-5-9(2)10(3)16-13-8-11(14(17)18-4)6-7-12(13)15/h6-10,16H,5,15H2,1-4H3. The number of esters is 1. The number of carbonyl (C=O) groups excluding carboxylic acids is 1. The van der Waals surface area contributed by atoms with Gasteiger partial charge in [-0.05, 0) is 31.0 Å². The molecule has 0 radical (unpaired) electrons. The molecule has 0 saturated carbocycles. The number of nitrogen functional groups attached to an aromatic ring is 1. The molecule has 1 aromatic carbocycles. The monoisotopic (exact) mass is 250 g/mol. The molecule has 0 bridgehead atoms. The summed E-state index contributed by atoms with van der Waals surface area (Å²) >= 11 is 0. The molecule has 4 nitrogen and oxygen atoms in total. The van der Waals surface area contributed by atoms with Gasteiger partial charge in [0.25, 0.3) is 0 Å². The van der Waals surface area contributed by atoms with Crippen molar-refractivity contribution in [1.29, 1.82) is 0 Å². The van der Waals surface area contributed by atoms with Crippen molar-refractivity contribution in [1.82, 2.24) is 0 Å². The van der Waals surface area contributed by atoms with Crippen molar-refractivity contribution < 1.29 is 9.53 Å². The van der Waals surface area contributed by atoms with E-state index in [4.69, 9.17) is 10.5 Å². The van der Waals surface area contributed by atoms with Gasteiger partial charge in [-0.25, -0.2) is 4.79 Å². The molecule has 1 aromatic rings. The highest BCUT2D eigenvalue weighted by Gasteiger charge is 2.13. The molecule has 0 saturated heterocycles. The van der Waals surface area contributed by atoms with Crippen LogP contribution in [0.1, 0.15) is 37.6 Å². The average molecular weight is 250 g/mol. The van der Waals surface area contributed by atoms with Crippen LogP contribution in [0.2, 0.25) is 0 Å². The predicted octanol–water partition coefficient (Wildman–Crippen LogP) is 2.90. The normalized spacial score (nSPS) is 13.8. The quantitative estimate of drug-likeness (QED) is 0.623. The second-order valence-corrected chi connectivity index (χ2v) is 4.61. The molecule has 0 aliphatic rings. The van der Waals surface area contributed by atoms with Gasteiger partial charge in [0.1, 0.15) is 0 Å². The third-order valence-corrected chi connectivity index (χ3v) is 3.36. The molecule has 4 heteroatoms. The highest BCUT2D eigenvalue weighted by molar-refractivity contribution is 5.91. The molecule has 2 atom stereocenters. The van der Waals surface area contributed by atoms with E-state index in [2.05, 4.69) is 26.1 Å². The summed E-state index contributed by atoms with van der Waals surface area (Å²) in [6.45, 7) is 6.44. The molecule has 0 aliphatic carbocycles. The molecular formula is C14H22N2O2. The lowest BCUT2D eigenvalue weighted by Crippen LogP contribution is -2.24. The Morgan fingerprint density at radius 3 is 2.67 bits per heavy atom. The lowest BCUT2D eigenvalue weighted by Gasteiger charge is -2.22. The number of nitrogens with two attached hydrogens (primary N) is 1. The van der Waals surface area contributed by atoms with Gasteiger partial charge in [-0.1, -0.05) is 20.3 Å². The largest absolute Gasteiger partial charge is 0.465 e. The SMILES string of the molecule is CCC(C)C(C)Nc1cc(C(=O)OC)ccc1N. The summed E-state index contributed by atoms with van der Waals surface area (Å²) in [5, 5.41) is 3.35. The Labute approximate surface area is 109 Å². The Morgan fingerprint density at radius 1 is 1.44 bits per heavy atom. The van der Waals surface area contributed by atoms with Crippen LogP contribution in [-0.2, 0) is 4.74 Å². The van der Waals surface area contributed by atoms with Gasteiger partial charge in [-0.15, -0.1) is 0 Å². The van der Waals surface area contributed by atoms with E-state index in [9.17, 15) is 4.79 Å². The van der Waals surface area contributed by atoms with Gasteiger partial charge in [-0.2, -0.15) is 0 Å². The zero-order chi connectivity index (χ0) is 13.7. The number of nitrogens with one attached hydrogen (secondary N) is 1. The first-order valence-corrected chi connectivity index (χ1v) is 6.24. The number of benzene rings is 1. The maximum atomic E-state index is 11.5. The minimum Gasteiger partial charge on any atom is -0.465 e. The van der Waals surface area contributed by atoms with Crippen LogP contribution in [-0.4, -0.2) is 19.1 Å². The predicted molar refractivity (Wildman–Crippen MR) is 74.7 cm³/mol. The third-order valence-electron chi connectivity index (χ3n) is 3.36. The van der Waals surface area contributed by atoms with Crippen LogP contribution in [0, 0.1) is 5.92 Å². The van der Waals surface area contributed by atoms with E-state index in [0.717, 1.165) is 12.1 Å². The number of carbonyl (C=O) groups is 1. The van der Waals surface area contributed by atoms with Crippen LogP contribution in [0.4, 0.5) is 11.4 Å². The van der Waals surface area contributed by atoms with Gasteiger partial charge in [0, 0.05) is 6.04 Å². The molecule has 1 rings (SSSR count). The lowest BCUT2D eigenvalue weighted by atomic mass is 10.0. The number of hydrogen-bond donors (Lipinski definition) is 2. The van der Waals surface area contributed by atoms with Crippen LogP contribution in [0.3, 0.4) is 0 Å². The average Bonchev–Trinajstić information content (AvgIpc) is 2.39. The molecule has 2 unspecified atom stereocenters. The first kappa shape index (κ1) is 14.4. The van der Waals surface area contributed by atoms with Gasteiger partial charge in [0.2, 0.25) is 0 Å². The fraction of sp³-hybridized carbons (Fsp3) is 0.500. The van der Waals surface area contributed by atoms with Crippen molar-refractivity contribution in [2.45, 2.75) is 33.2 Å². The smallest absolute Gasteiger partial charge is 0.337 e. The zero-order valence-electron chi connectivity index (χ0n) is 11.5. The number of methoxy groups -OCH3 is 1. The van der Waals surface area contributed by atoms with Crippen molar-refractivity contribution in [2.24, 2.45) is 5.92 Å². The van der Waals surface area contributed by atoms with Crippen molar-refractivity contribution in [3.8, 4) is 0 Å². The molecule has 0 fully saturated rings. The highest BCUT2D eigenvalue weighted by Crippen LogP contribution is 2.23. The van der Waals surface area contributed by atoms with E-state index in [1.54, 1.807) is 18.2 Å². The van der Waals surface area contributed by atoms with Crippen LogP contribution in [0.25, 0.3) is 0 Å². The van der Waals surface area contributed by atoms with Crippen molar-refractivity contribution in [2.75, 3.05) is 18.2 Å². The molecule has 18 heavy (non-hydrogen) atoms. The molecule has 0 heterocycles. The van der Waals surface area contributed by atoms with Gasteiger partial charge in [0.15, 0.2) is 0 Å².